The van der Waals surface area contributed by atoms with Crippen molar-refractivity contribution in [1.82, 2.24) is 15.1 Å². The van der Waals surface area contributed by atoms with Crippen molar-refractivity contribution in [3.05, 3.63) is 42.1 Å². The van der Waals surface area contributed by atoms with E-state index in [1.807, 2.05) is 35.2 Å². The Balaban J connectivity index is 1.18. The molecule has 8 nitrogen and oxygen atoms in total. The van der Waals surface area contributed by atoms with Gasteiger partial charge in [0.25, 0.3) is 0 Å². The number of carbonyl (C=O) groups excluding carboxylic acids is 2. The van der Waals surface area contributed by atoms with E-state index in [1.165, 1.54) is 12.8 Å². The van der Waals surface area contributed by atoms with E-state index in [0.29, 0.717) is 31.3 Å². The van der Waals surface area contributed by atoms with Gasteiger partial charge in [0.05, 0.1) is 18.7 Å². The minimum absolute atomic E-state index is 0.0173. The van der Waals surface area contributed by atoms with Gasteiger partial charge in [0.2, 0.25) is 11.8 Å². The van der Waals surface area contributed by atoms with Gasteiger partial charge in [-0.25, -0.2) is 0 Å². The number of ether oxygens (including phenoxy) is 1. The highest BCUT2D eigenvalue weighted by atomic mass is 16.5. The van der Waals surface area contributed by atoms with Crippen molar-refractivity contribution in [3.8, 4) is 5.75 Å². The fourth-order valence-electron chi connectivity index (χ4n) is 4.42. The van der Waals surface area contributed by atoms with E-state index in [0.717, 1.165) is 30.3 Å². The van der Waals surface area contributed by atoms with Crippen LogP contribution in [0.25, 0.3) is 0 Å². The Morgan fingerprint density at radius 2 is 1.87 bits per heavy atom. The predicted octanol–water partition coefficient (Wildman–Crippen LogP) is 2.06. The summed E-state index contributed by atoms with van der Waals surface area (Å²) >= 11 is 0. The zero-order valence-corrected chi connectivity index (χ0v) is 17.7. The largest absolute Gasteiger partial charge is 0.497 e. The third-order valence-corrected chi connectivity index (χ3v) is 6.42. The molecule has 0 bridgehead atoms. The number of methoxy groups -OCH3 is 1. The Kier molecular flexibility index (Phi) is 5.21. The molecule has 3 fully saturated rings. The molecule has 162 valence electrons. The number of carbonyl (C=O) groups is 2. The summed E-state index contributed by atoms with van der Waals surface area (Å²) in [5.41, 5.74) is 1.86. The maximum atomic E-state index is 13.1. The smallest absolute Gasteiger partial charge is 0.228 e. The molecule has 3 aliphatic rings. The molecule has 0 N–H and O–H groups in total. The van der Waals surface area contributed by atoms with Crippen LogP contribution in [0.3, 0.4) is 0 Å². The van der Waals surface area contributed by atoms with E-state index >= 15 is 0 Å². The maximum absolute atomic E-state index is 13.1. The summed E-state index contributed by atoms with van der Waals surface area (Å²) in [6, 6.07) is 11.5. The normalized spacial score (nSPS) is 21.5. The first-order chi connectivity index (χ1) is 15.1. The van der Waals surface area contributed by atoms with Gasteiger partial charge in [-0.05, 0) is 37.1 Å². The van der Waals surface area contributed by atoms with E-state index in [-0.39, 0.29) is 24.2 Å². The minimum atomic E-state index is -0.303. The standard InChI is InChI=1S/C23H27N5O3/c1-31-19-4-2-3-18(14-19)28-15-17(13-22(28)29)23(30)27-11-9-26(10-12-27)21-8-7-20(24-25-21)16-5-6-16/h2-4,7-8,14,16-17H,5-6,9-13,15H2,1H3/t17-/m1/s1. The second-order valence-corrected chi connectivity index (χ2v) is 8.51. The van der Waals surface area contributed by atoms with Crippen LogP contribution in [0.5, 0.6) is 5.75 Å². The Morgan fingerprint density at radius 1 is 1.06 bits per heavy atom. The number of hydrogen-bond donors (Lipinski definition) is 0. The van der Waals surface area contributed by atoms with Crippen LogP contribution in [0.2, 0.25) is 0 Å². The van der Waals surface area contributed by atoms with Crippen molar-refractivity contribution >= 4 is 23.3 Å². The third-order valence-electron chi connectivity index (χ3n) is 6.42. The molecule has 2 amide bonds. The van der Waals surface area contributed by atoms with Crippen LogP contribution in [0.15, 0.2) is 36.4 Å². The molecule has 0 spiro atoms. The van der Waals surface area contributed by atoms with Crippen LogP contribution in [0.1, 0.15) is 30.9 Å². The molecule has 0 unspecified atom stereocenters. The van der Waals surface area contributed by atoms with Gasteiger partial charge in [-0.15, -0.1) is 5.10 Å². The first-order valence-electron chi connectivity index (χ1n) is 10.9. The van der Waals surface area contributed by atoms with Gasteiger partial charge in [-0.3, -0.25) is 9.59 Å². The van der Waals surface area contributed by atoms with E-state index in [2.05, 4.69) is 21.2 Å². The first kappa shape index (κ1) is 19.8. The van der Waals surface area contributed by atoms with Gasteiger partial charge in [-0.1, -0.05) is 6.07 Å². The van der Waals surface area contributed by atoms with Crippen molar-refractivity contribution < 1.29 is 14.3 Å². The summed E-state index contributed by atoms with van der Waals surface area (Å²) in [6.07, 6.45) is 2.69. The quantitative estimate of drug-likeness (QED) is 0.735. The Morgan fingerprint density at radius 3 is 2.55 bits per heavy atom. The molecule has 1 atom stereocenters. The average molecular weight is 422 g/mol. The van der Waals surface area contributed by atoms with Gasteiger partial charge < -0.3 is 19.4 Å². The predicted molar refractivity (Wildman–Crippen MR) is 116 cm³/mol. The van der Waals surface area contributed by atoms with Gasteiger partial charge >= 0.3 is 0 Å². The van der Waals surface area contributed by atoms with E-state index < -0.39 is 0 Å². The Hall–Kier alpha value is -3.16. The monoisotopic (exact) mass is 421 g/mol. The van der Waals surface area contributed by atoms with Crippen LogP contribution in [0.4, 0.5) is 11.5 Å². The van der Waals surface area contributed by atoms with Crippen LogP contribution in [0, 0.1) is 5.92 Å². The highest BCUT2D eigenvalue weighted by Gasteiger charge is 2.38. The van der Waals surface area contributed by atoms with Crippen molar-refractivity contribution in [2.75, 3.05) is 49.6 Å². The molecule has 31 heavy (non-hydrogen) atoms. The molecule has 1 aliphatic carbocycles. The zero-order chi connectivity index (χ0) is 21.4. The zero-order valence-electron chi connectivity index (χ0n) is 17.7. The van der Waals surface area contributed by atoms with E-state index in [9.17, 15) is 9.59 Å². The highest BCUT2D eigenvalue weighted by molar-refractivity contribution is 6.00. The summed E-state index contributed by atoms with van der Waals surface area (Å²) in [4.78, 5) is 31.4. The maximum Gasteiger partial charge on any atom is 0.228 e. The Bertz CT molecular complexity index is 967. The lowest BCUT2D eigenvalue weighted by atomic mass is 10.1. The molecule has 3 heterocycles. The van der Waals surface area contributed by atoms with E-state index in [1.54, 1.807) is 12.0 Å². The molecular formula is C23H27N5O3. The van der Waals surface area contributed by atoms with Crippen LogP contribution in [-0.2, 0) is 9.59 Å². The fraction of sp³-hybridized carbons (Fsp3) is 0.478. The molecule has 1 aromatic heterocycles. The van der Waals surface area contributed by atoms with Gasteiger partial charge in [0, 0.05) is 56.8 Å². The number of amides is 2. The number of rotatable bonds is 5. The number of nitrogens with zero attached hydrogens (tertiary/aromatic N) is 5. The lowest BCUT2D eigenvalue weighted by Crippen LogP contribution is -2.51. The van der Waals surface area contributed by atoms with Crippen LogP contribution in [-0.4, -0.2) is 66.7 Å². The molecule has 2 aromatic rings. The minimum Gasteiger partial charge on any atom is -0.497 e. The second kappa shape index (κ2) is 8.17. The molecule has 0 radical (unpaired) electrons. The number of aromatic nitrogens is 2. The molecule has 1 aromatic carbocycles. The molecule has 1 saturated carbocycles. The van der Waals surface area contributed by atoms with Crippen LogP contribution < -0.4 is 14.5 Å². The van der Waals surface area contributed by atoms with Gasteiger partial charge in [0.1, 0.15) is 5.75 Å². The lowest BCUT2D eigenvalue weighted by Gasteiger charge is -2.36. The summed E-state index contributed by atoms with van der Waals surface area (Å²) in [6.45, 7) is 3.13. The third kappa shape index (κ3) is 4.06. The SMILES string of the molecule is COc1cccc(N2C[C@H](C(=O)N3CCN(c4ccc(C5CC5)nn4)CC3)CC2=O)c1. The fourth-order valence-corrected chi connectivity index (χ4v) is 4.42. The molecular weight excluding hydrogens is 394 g/mol. The summed E-state index contributed by atoms with van der Waals surface area (Å²) in [7, 11) is 1.60. The van der Waals surface area contributed by atoms with Crippen molar-refractivity contribution in [2.45, 2.75) is 25.2 Å². The second-order valence-electron chi connectivity index (χ2n) is 8.51. The van der Waals surface area contributed by atoms with Crippen molar-refractivity contribution in [2.24, 2.45) is 5.92 Å². The number of anilines is 2. The van der Waals surface area contributed by atoms with Gasteiger partial charge in [-0.2, -0.15) is 5.10 Å². The molecule has 8 heteroatoms. The topological polar surface area (TPSA) is 78.9 Å². The number of hydrogen-bond acceptors (Lipinski definition) is 6. The van der Waals surface area contributed by atoms with Crippen molar-refractivity contribution in [1.29, 1.82) is 0 Å². The van der Waals surface area contributed by atoms with Gasteiger partial charge in [0.15, 0.2) is 5.82 Å². The summed E-state index contributed by atoms with van der Waals surface area (Å²) in [5, 5.41) is 8.76. The number of benzene rings is 1. The van der Waals surface area contributed by atoms with E-state index in [4.69, 9.17) is 4.74 Å². The lowest BCUT2D eigenvalue weighted by molar-refractivity contribution is -0.136. The first-order valence-corrected chi connectivity index (χ1v) is 10.9. The highest BCUT2D eigenvalue weighted by Crippen LogP contribution is 2.38. The molecule has 2 aliphatic heterocycles. The average Bonchev–Trinajstić information content (AvgIpc) is 3.60. The van der Waals surface area contributed by atoms with Crippen LogP contribution >= 0.6 is 0 Å². The van der Waals surface area contributed by atoms with Crippen molar-refractivity contribution in [3.63, 3.8) is 0 Å². The summed E-state index contributed by atoms with van der Waals surface area (Å²) < 4.78 is 5.26. The molecule has 2 saturated heterocycles. The molecule has 5 rings (SSSR count). The Labute approximate surface area is 181 Å². The summed E-state index contributed by atoms with van der Waals surface area (Å²) in [5.74, 6) is 1.91. The number of piperazine rings is 1.